The maximum absolute atomic E-state index is 13.7. The number of aliphatic carboxylic acids is 1. The third-order valence-electron chi connectivity index (χ3n) is 5.87. The summed E-state index contributed by atoms with van der Waals surface area (Å²) in [4.78, 5) is 50.8. The number of methoxy groups -OCH3 is 1. The molecule has 1 heterocycles. The van der Waals surface area contributed by atoms with Gasteiger partial charge in [0.15, 0.2) is 0 Å². The molecule has 3 N–H and O–H groups in total. The van der Waals surface area contributed by atoms with E-state index < -0.39 is 23.1 Å². The van der Waals surface area contributed by atoms with Crippen LogP contribution < -0.4 is 10.6 Å². The van der Waals surface area contributed by atoms with Gasteiger partial charge in [0.25, 0.3) is 0 Å². The largest absolute Gasteiger partial charge is 0.478 e. The number of carboxylic acid groups (broad SMARTS) is 1. The summed E-state index contributed by atoms with van der Waals surface area (Å²) in [6.45, 7) is 0. The van der Waals surface area contributed by atoms with Crippen molar-refractivity contribution >= 4 is 57.5 Å². The van der Waals surface area contributed by atoms with Crippen LogP contribution in [-0.4, -0.2) is 36.0 Å². The number of rotatable bonds is 9. The van der Waals surface area contributed by atoms with Crippen LogP contribution in [0.2, 0.25) is 0 Å². The van der Waals surface area contributed by atoms with Crippen molar-refractivity contribution in [2.45, 2.75) is 35.8 Å². The van der Waals surface area contributed by atoms with Crippen LogP contribution in [0.4, 0.5) is 10.7 Å². The highest BCUT2D eigenvalue weighted by atomic mass is 32.2. The summed E-state index contributed by atoms with van der Waals surface area (Å²) in [5, 5.41) is 14.2. The Morgan fingerprint density at radius 2 is 1.76 bits per heavy atom. The van der Waals surface area contributed by atoms with Gasteiger partial charge in [-0.1, -0.05) is 36.4 Å². The number of thioether (sulfide) groups is 1. The first-order chi connectivity index (χ1) is 18.4. The molecule has 1 aliphatic carbocycles. The Labute approximate surface area is 228 Å². The van der Waals surface area contributed by atoms with E-state index in [0.717, 1.165) is 53.8 Å². The number of hydrogen-bond donors (Lipinski definition) is 3. The van der Waals surface area contributed by atoms with Crippen molar-refractivity contribution in [1.29, 1.82) is 0 Å². The van der Waals surface area contributed by atoms with Gasteiger partial charge >= 0.3 is 11.9 Å². The summed E-state index contributed by atoms with van der Waals surface area (Å²) in [7, 11) is 1.34. The number of anilines is 2. The van der Waals surface area contributed by atoms with Gasteiger partial charge in [-0.05, 0) is 55.0 Å². The predicted octanol–water partition coefficient (Wildman–Crippen LogP) is 5.46. The van der Waals surface area contributed by atoms with Gasteiger partial charge in [-0.2, -0.15) is 0 Å². The minimum atomic E-state index is -1.22. The molecule has 2 amide bonds. The Bertz CT molecular complexity index is 1380. The lowest BCUT2D eigenvalue weighted by atomic mass is 9.95. The van der Waals surface area contributed by atoms with Crippen LogP contribution in [0.3, 0.4) is 0 Å². The van der Waals surface area contributed by atoms with E-state index in [1.807, 2.05) is 36.4 Å². The highest BCUT2D eigenvalue weighted by Gasteiger charge is 2.29. The fourth-order valence-electron chi connectivity index (χ4n) is 4.16. The monoisotopic (exact) mass is 550 g/mol. The summed E-state index contributed by atoms with van der Waals surface area (Å²) >= 11 is 2.73. The molecule has 0 radical (unpaired) electrons. The van der Waals surface area contributed by atoms with E-state index in [2.05, 4.69) is 10.6 Å². The molecule has 10 heteroatoms. The zero-order chi connectivity index (χ0) is 27.1. The van der Waals surface area contributed by atoms with Crippen molar-refractivity contribution in [3.63, 3.8) is 0 Å². The molecule has 0 bridgehead atoms. The van der Waals surface area contributed by atoms with E-state index in [4.69, 9.17) is 9.84 Å². The molecule has 0 saturated carbocycles. The van der Waals surface area contributed by atoms with Gasteiger partial charge in [-0.25, -0.2) is 9.59 Å². The lowest BCUT2D eigenvalue weighted by Crippen LogP contribution is -2.20. The van der Waals surface area contributed by atoms with Gasteiger partial charge in [0.05, 0.1) is 12.7 Å². The number of fused-ring (bicyclic) bond motifs is 1. The molecule has 4 rings (SSSR count). The van der Waals surface area contributed by atoms with Gasteiger partial charge in [0, 0.05) is 27.6 Å². The molecule has 3 aromatic rings. The molecule has 196 valence electrons. The SMILES string of the molecule is COC(=O)c1c(NC(=O)C(Sc2cccc(NC(=O)/C=C/C(=O)O)c2)c2ccccc2)sc2c1CCCC2. The van der Waals surface area contributed by atoms with Crippen LogP contribution in [0.5, 0.6) is 0 Å². The van der Waals surface area contributed by atoms with E-state index in [9.17, 15) is 19.2 Å². The second-order valence-electron chi connectivity index (χ2n) is 8.49. The molecule has 8 nitrogen and oxygen atoms in total. The third kappa shape index (κ3) is 6.70. The lowest BCUT2D eigenvalue weighted by molar-refractivity contribution is -0.131. The number of thiophene rings is 1. The van der Waals surface area contributed by atoms with E-state index in [1.54, 1.807) is 18.2 Å². The molecule has 2 aromatic carbocycles. The van der Waals surface area contributed by atoms with Crippen molar-refractivity contribution in [2.75, 3.05) is 17.7 Å². The number of amides is 2. The smallest absolute Gasteiger partial charge is 0.341 e. The van der Waals surface area contributed by atoms with Crippen molar-refractivity contribution in [1.82, 2.24) is 0 Å². The summed E-state index contributed by atoms with van der Waals surface area (Å²) < 4.78 is 5.04. The van der Waals surface area contributed by atoms with E-state index in [-0.39, 0.29) is 5.91 Å². The molecule has 0 spiro atoms. The van der Waals surface area contributed by atoms with Gasteiger partial charge in [-0.3, -0.25) is 9.59 Å². The van der Waals surface area contributed by atoms with E-state index in [0.29, 0.717) is 21.1 Å². The fourth-order valence-corrected chi connectivity index (χ4v) is 6.53. The average Bonchev–Trinajstić information content (AvgIpc) is 3.28. The number of carboxylic acids is 1. The Morgan fingerprint density at radius 1 is 1.00 bits per heavy atom. The first-order valence-corrected chi connectivity index (χ1v) is 13.6. The predicted molar refractivity (Wildman–Crippen MR) is 148 cm³/mol. The second kappa shape index (κ2) is 12.6. The molecule has 1 aliphatic rings. The number of nitrogens with one attached hydrogen (secondary N) is 2. The van der Waals surface area contributed by atoms with Crippen LogP contribution >= 0.6 is 23.1 Å². The molecular weight excluding hydrogens is 524 g/mol. The Hall–Kier alpha value is -3.89. The minimum absolute atomic E-state index is 0.288. The van der Waals surface area contributed by atoms with Gasteiger partial charge in [0.1, 0.15) is 10.3 Å². The number of benzene rings is 2. The number of carbonyl (C=O) groups excluding carboxylic acids is 3. The standard InChI is InChI=1S/C28H26N2O6S2/c1-36-28(35)24-20-12-5-6-13-21(20)38-27(24)30-26(34)25(17-8-3-2-4-9-17)37-19-11-7-10-18(16-19)29-22(31)14-15-23(32)33/h2-4,7-11,14-16,25H,5-6,12-13H2,1H3,(H,29,31)(H,30,34)(H,32,33)/b15-14+. The van der Waals surface area contributed by atoms with Crippen molar-refractivity contribution in [3.8, 4) is 0 Å². The zero-order valence-electron chi connectivity index (χ0n) is 20.6. The highest BCUT2D eigenvalue weighted by molar-refractivity contribution is 8.00. The second-order valence-corrected chi connectivity index (χ2v) is 10.8. The van der Waals surface area contributed by atoms with Crippen LogP contribution in [0.1, 0.15) is 44.5 Å². The number of esters is 1. The minimum Gasteiger partial charge on any atom is -0.478 e. The highest BCUT2D eigenvalue weighted by Crippen LogP contribution is 2.41. The molecule has 1 aromatic heterocycles. The van der Waals surface area contributed by atoms with Gasteiger partial charge in [0.2, 0.25) is 11.8 Å². The molecule has 1 atom stereocenters. The molecule has 0 aliphatic heterocycles. The Kier molecular flexibility index (Phi) is 8.98. The summed E-state index contributed by atoms with van der Waals surface area (Å²) in [6.07, 6.45) is 5.38. The molecule has 0 fully saturated rings. The number of ether oxygens (including phenoxy) is 1. The van der Waals surface area contributed by atoms with Crippen molar-refractivity contribution < 1.29 is 29.0 Å². The summed E-state index contributed by atoms with van der Waals surface area (Å²) in [5.41, 5.74) is 2.64. The topological polar surface area (TPSA) is 122 Å². The molecule has 0 saturated heterocycles. The first-order valence-electron chi connectivity index (χ1n) is 11.9. The molecule has 1 unspecified atom stereocenters. The maximum Gasteiger partial charge on any atom is 0.341 e. The Morgan fingerprint density at radius 3 is 2.50 bits per heavy atom. The molecular formula is C28H26N2O6S2. The fraction of sp³-hybridized carbons (Fsp3) is 0.214. The number of hydrogen-bond acceptors (Lipinski definition) is 7. The number of carbonyl (C=O) groups is 4. The third-order valence-corrected chi connectivity index (χ3v) is 8.33. The lowest BCUT2D eigenvalue weighted by Gasteiger charge is -2.18. The average molecular weight is 551 g/mol. The maximum atomic E-state index is 13.7. The van der Waals surface area contributed by atoms with Crippen molar-refractivity contribution in [2.24, 2.45) is 0 Å². The zero-order valence-corrected chi connectivity index (χ0v) is 22.2. The number of aryl methyl sites for hydroxylation is 1. The van der Waals surface area contributed by atoms with Crippen LogP contribution in [0, 0.1) is 0 Å². The van der Waals surface area contributed by atoms with E-state index in [1.165, 1.54) is 30.2 Å². The summed E-state index contributed by atoms with van der Waals surface area (Å²) in [6, 6.07) is 16.2. The molecule has 38 heavy (non-hydrogen) atoms. The first kappa shape index (κ1) is 27.2. The summed E-state index contributed by atoms with van der Waals surface area (Å²) in [5.74, 6) is -2.54. The van der Waals surface area contributed by atoms with Gasteiger partial charge < -0.3 is 20.5 Å². The quantitative estimate of drug-likeness (QED) is 0.184. The van der Waals surface area contributed by atoms with Crippen LogP contribution in [0.15, 0.2) is 71.6 Å². The van der Waals surface area contributed by atoms with Crippen LogP contribution in [0.25, 0.3) is 0 Å². The van der Waals surface area contributed by atoms with Gasteiger partial charge in [-0.15, -0.1) is 23.1 Å². The van der Waals surface area contributed by atoms with Crippen molar-refractivity contribution in [3.05, 3.63) is 88.3 Å². The van der Waals surface area contributed by atoms with Crippen LogP contribution in [-0.2, 0) is 32.0 Å². The normalized spacial score (nSPS) is 13.4. The van der Waals surface area contributed by atoms with E-state index >= 15 is 0 Å². The Balaban J connectivity index is 1.60.